The Morgan fingerprint density at radius 3 is 2.69 bits per heavy atom. The smallest absolute Gasteiger partial charge is 0.385 e. The van der Waals surface area contributed by atoms with E-state index in [1.54, 1.807) is 4.68 Å². The zero-order valence-corrected chi connectivity index (χ0v) is 16.2. The van der Waals surface area contributed by atoms with Crippen molar-refractivity contribution in [2.45, 2.75) is 56.6 Å². The van der Waals surface area contributed by atoms with Crippen molar-refractivity contribution in [1.29, 1.82) is 0 Å². The van der Waals surface area contributed by atoms with Crippen LogP contribution in [0.4, 0.5) is 13.2 Å². The molecule has 158 valence electrons. The molecule has 2 unspecified atom stereocenters. The quantitative estimate of drug-likeness (QED) is 0.811. The van der Waals surface area contributed by atoms with E-state index in [0.717, 1.165) is 44.0 Å². The molecule has 0 saturated carbocycles. The van der Waals surface area contributed by atoms with Gasteiger partial charge >= 0.3 is 6.18 Å². The van der Waals surface area contributed by atoms with Crippen molar-refractivity contribution >= 4 is 0 Å². The Kier molecular flexibility index (Phi) is 5.39. The molecule has 1 aromatic heterocycles. The molecule has 2 N–H and O–H groups in total. The highest BCUT2D eigenvalue weighted by atomic mass is 19.4. The summed E-state index contributed by atoms with van der Waals surface area (Å²) in [5.41, 5.74) is -0.745. The van der Waals surface area contributed by atoms with Crippen molar-refractivity contribution in [3.8, 4) is 0 Å². The highest BCUT2D eigenvalue weighted by Gasteiger charge is 2.41. The minimum atomic E-state index is -4.39. The van der Waals surface area contributed by atoms with Crippen molar-refractivity contribution in [2.24, 2.45) is 5.92 Å². The predicted molar refractivity (Wildman–Crippen MR) is 98.9 cm³/mol. The van der Waals surface area contributed by atoms with Crippen LogP contribution >= 0.6 is 0 Å². The summed E-state index contributed by atoms with van der Waals surface area (Å²) in [7, 11) is 0. The molecule has 29 heavy (non-hydrogen) atoms. The Morgan fingerprint density at radius 1 is 1.28 bits per heavy atom. The topological polar surface area (TPSA) is 72.2 Å². The second kappa shape index (κ2) is 7.70. The van der Waals surface area contributed by atoms with Crippen molar-refractivity contribution < 1.29 is 23.0 Å². The summed E-state index contributed by atoms with van der Waals surface area (Å²) in [4.78, 5) is 0. The van der Waals surface area contributed by atoms with E-state index < -0.39 is 17.3 Å². The lowest BCUT2D eigenvalue weighted by molar-refractivity contribution is -0.137. The average Bonchev–Trinajstić information content (AvgIpc) is 3.33. The summed E-state index contributed by atoms with van der Waals surface area (Å²) in [6.07, 6.45) is -0.799. The van der Waals surface area contributed by atoms with E-state index in [2.05, 4.69) is 15.6 Å². The van der Waals surface area contributed by atoms with E-state index in [1.165, 1.54) is 12.1 Å². The molecule has 2 aromatic rings. The zero-order chi connectivity index (χ0) is 20.6. The van der Waals surface area contributed by atoms with E-state index in [1.807, 2.05) is 13.1 Å². The van der Waals surface area contributed by atoms with Crippen molar-refractivity contribution in [1.82, 2.24) is 20.3 Å². The number of benzene rings is 1. The van der Waals surface area contributed by atoms with Crippen LogP contribution in [0.3, 0.4) is 0 Å². The van der Waals surface area contributed by atoms with E-state index in [9.17, 15) is 18.3 Å². The SMILES string of the molecule is C[C@H]1CC(O)(c2ccc(C(F)(F)F)cc2)C[C@@H](c2cn(CC3CCOC3)nn2)N1. The maximum Gasteiger partial charge on any atom is 0.416 e. The molecule has 2 fully saturated rings. The molecule has 0 aliphatic carbocycles. The summed E-state index contributed by atoms with van der Waals surface area (Å²) in [5, 5.41) is 23.2. The highest BCUT2D eigenvalue weighted by Crippen LogP contribution is 2.40. The molecule has 0 bridgehead atoms. The Hall–Kier alpha value is -1.97. The molecular weight excluding hydrogens is 385 g/mol. The number of hydrogen-bond acceptors (Lipinski definition) is 5. The van der Waals surface area contributed by atoms with Gasteiger partial charge in [-0.1, -0.05) is 17.3 Å². The van der Waals surface area contributed by atoms with Gasteiger partial charge in [-0.2, -0.15) is 13.2 Å². The largest absolute Gasteiger partial charge is 0.416 e. The summed E-state index contributed by atoms with van der Waals surface area (Å²) in [6, 6.07) is 4.52. The van der Waals surface area contributed by atoms with Gasteiger partial charge in [-0.25, -0.2) is 0 Å². The molecule has 4 rings (SSSR count). The summed E-state index contributed by atoms with van der Waals surface area (Å²) >= 11 is 0. The predicted octanol–water partition coefficient (Wildman–Crippen LogP) is 3.03. The molecule has 0 amide bonds. The van der Waals surface area contributed by atoms with Crippen LogP contribution in [-0.4, -0.2) is 39.4 Å². The van der Waals surface area contributed by atoms with Gasteiger partial charge in [-0.3, -0.25) is 4.68 Å². The number of ether oxygens (including phenoxy) is 1. The third-order valence-electron chi connectivity index (χ3n) is 5.80. The van der Waals surface area contributed by atoms with Gasteiger partial charge in [0.1, 0.15) is 0 Å². The molecule has 2 aliphatic heterocycles. The monoisotopic (exact) mass is 410 g/mol. The van der Waals surface area contributed by atoms with E-state index in [4.69, 9.17) is 4.74 Å². The minimum absolute atomic E-state index is 0.0329. The Balaban J connectivity index is 1.51. The molecular formula is C20H25F3N4O2. The number of alkyl halides is 3. The number of nitrogens with one attached hydrogen (secondary N) is 1. The first-order chi connectivity index (χ1) is 13.7. The Bertz CT molecular complexity index is 833. The maximum atomic E-state index is 12.9. The van der Waals surface area contributed by atoms with Gasteiger partial charge in [-0.05, 0) is 37.5 Å². The average molecular weight is 410 g/mol. The molecule has 1 aromatic carbocycles. The van der Waals surface area contributed by atoms with Gasteiger partial charge in [0.05, 0.1) is 35.7 Å². The molecule has 3 heterocycles. The minimum Gasteiger partial charge on any atom is -0.385 e. The first kappa shape index (κ1) is 20.3. The lowest BCUT2D eigenvalue weighted by Gasteiger charge is -2.40. The number of rotatable bonds is 4. The second-order valence-electron chi connectivity index (χ2n) is 8.23. The van der Waals surface area contributed by atoms with E-state index in [0.29, 0.717) is 24.3 Å². The lowest BCUT2D eigenvalue weighted by atomic mass is 9.78. The van der Waals surface area contributed by atoms with E-state index >= 15 is 0 Å². The third-order valence-corrected chi connectivity index (χ3v) is 5.80. The van der Waals surface area contributed by atoms with Crippen molar-refractivity contribution in [2.75, 3.05) is 13.2 Å². The molecule has 4 atom stereocenters. The summed E-state index contributed by atoms with van der Waals surface area (Å²) in [5.74, 6) is 0.423. The number of aromatic nitrogens is 3. The van der Waals surface area contributed by atoms with Crippen LogP contribution in [0.1, 0.15) is 49.0 Å². The fourth-order valence-corrected chi connectivity index (χ4v) is 4.34. The van der Waals surface area contributed by atoms with Crippen LogP contribution in [0.25, 0.3) is 0 Å². The fourth-order valence-electron chi connectivity index (χ4n) is 4.34. The second-order valence-corrected chi connectivity index (χ2v) is 8.23. The number of aliphatic hydroxyl groups is 1. The van der Waals surface area contributed by atoms with Gasteiger partial charge in [0.15, 0.2) is 0 Å². The van der Waals surface area contributed by atoms with Crippen LogP contribution in [0.15, 0.2) is 30.5 Å². The van der Waals surface area contributed by atoms with Gasteiger partial charge in [0.25, 0.3) is 0 Å². The number of piperidine rings is 1. The normalized spacial score (nSPS) is 30.6. The lowest BCUT2D eigenvalue weighted by Crippen LogP contribution is -2.47. The molecule has 6 nitrogen and oxygen atoms in total. The molecule has 9 heteroatoms. The summed E-state index contributed by atoms with van der Waals surface area (Å²) < 4.78 is 45.8. The van der Waals surface area contributed by atoms with Gasteiger partial charge in [0.2, 0.25) is 0 Å². The first-order valence-corrected chi connectivity index (χ1v) is 9.87. The highest BCUT2D eigenvalue weighted by molar-refractivity contribution is 5.30. The molecule has 0 spiro atoms. The van der Waals surface area contributed by atoms with Crippen molar-refractivity contribution in [3.05, 3.63) is 47.3 Å². The van der Waals surface area contributed by atoms with Crippen LogP contribution in [-0.2, 0) is 23.1 Å². The Morgan fingerprint density at radius 2 is 2.03 bits per heavy atom. The Labute approximate surface area is 167 Å². The molecule has 0 radical (unpaired) electrons. The van der Waals surface area contributed by atoms with Crippen LogP contribution < -0.4 is 5.32 Å². The van der Waals surface area contributed by atoms with Gasteiger partial charge in [0, 0.05) is 31.5 Å². The van der Waals surface area contributed by atoms with Crippen molar-refractivity contribution in [3.63, 3.8) is 0 Å². The van der Waals surface area contributed by atoms with E-state index in [-0.39, 0.29) is 12.1 Å². The van der Waals surface area contributed by atoms with Gasteiger partial charge < -0.3 is 15.2 Å². The third kappa shape index (κ3) is 4.46. The molecule has 2 aliphatic rings. The zero-order valence-electron chi connectivity index (χ0n) is 16.2. The number of halogens is 3. The van der Waals surface area contributed by atoms with Crippen LogP contribution in [0.5, 0.6) is 0 Å². The summed E-state index contributed by atoms with van der Waals surface area (Å²) in [6.45, 7) is 4.18. The fraction of sp³-hybridized carbons (Fsp3) is 0.600. The number of nitrogens with zero attached hydrogens (tertiary/aromatic N) is 3. The molecule has 2 saturated heterocycles. The number of hydrogen-bond donors (Lipinski definition) is 2. The van der Waals surface area contributed by atoms with Crippen LogP contribution in [0, 0.1) is 5.92 Å². The maximum absolute atomic E-state index is 12.9. The first-order valence-electron chi connectivity index (χ1n) is 9.87. The van der Waals surface area contributed by atoms with Gasteiger partial charge in [-0.15, -0.1) is 5.10 Å². The van der Waals surface area contributed by atoms with Crippen LogP contribution in [0.2, 0.25) is 0 Å². The standard InChI is InChI=1S/C20H25F3N4O2/c1-13-8-19(28,15-2-4-16(5-3-15)20(21,22)23)9-17(24-13)18-11-27(26-25-18)10-14-6-7-29-12-14/h2-5,11,13-14,17,24,28H,6-10,12H2,1H3/t13-,14?,17-,19?/m0/s1.